The van der Waals surface area contributed by atoms with Gasteiger partial charge in [0.15, 0.2) is 0 Å². The lowest BCUT2D eigenvalue weighted by Crippen LogP contribution is -2.46. The minimum Gasteiger partial charge on any atom is -0.469 e. The smallest absolute Gasteiger partial charge is 0.308 e. The summed E-state index contributed by atoms with van der Waals surface area (Å²) in [6, 6.07) is 0.468. The van der Waals surface area contributed by atoms with Gasteiger partial charge in [-0.1, -0.05) is 0 Å². The molecule has 2 unspecified atom stereocenters. The number of nitrogens with one attached hydrogen (secondary N) is 1. The first-order valence-corrected chi connectivity index (χ1v) is 6.33. The van der Waals surface area contributed by atoms with Crippen LogP contribution < -0.4 is 5.32 Å². The predicted molar refractivity (Wildman–Crippen MR) is 62.2 cm³/mol. The van der Waals surface area contributed by atoms with E-state index < -0.39 is 0 Å². The Morgan fingerprint density at radius 3 is 2.88 bits per heavy atom. The topological polar surface area (TPSA) is 41.6 Å². The second kappa shape index (κ2) is 5.64. The van der Waals surface area contributed by atoms with E-state index in [1.165, 1.54) is 33.0 Å². The highest BCUT2D eigenvalue weighted by Crippen LogP contribution is 2.19. The van der Waals surface area contributed by atoms with Crippen molar-refractivity contribution in [3.63, 3.8) is 0 Å². The fourth-order valence-electron chi connectivity index (χ4n) is 2.80. The summed E-state index contributed by atoms with van der Waals surface area (Å²) in [7, 11) is 1.49. The molecule has 2 saturated heterocycles. The van der Waals surface area contributed by atoms with Gasteiger partial charge >= 0.3 is 5.97 Å². The standard InChI is InChI=1S/C12H22N2O2/c1-16-12(15)10-4-5-13-11(8-10)9-14-6-2-3-7-14/h10-11,13H,2-9H2,1H3. The van der Waals surface area contributed by atoms with Gasteiger partial charge in [0, 0.05) is 12.6 Å². The van der Waals surface area contributed by atoms with E-state index in [-0.39, 0.29) is 11.9 Å². The van der Waals surface area contributed by atoms with Crippen LogP contribution in [0.15, 0.2) is 0 Å². The lowest BCUT2D eigenvalue weighted by Gasteiger charge is -2.31. The maximum Gasteiger partial charge on any atom is 0.308 e. The molecule has 16 heavy (non-hydrogen) atoms. The first-order chi connectivity index (χ1) is 7.79. The normalized spacial score (nSPS) is 31.6. The van der Waals surface area contributed by atoms with Gasteiger partial charge in [-0.15, -0.1) is 0 Å². The highest BCUT2D eigenvalue weighted by molar-refractivity contribution is 5.72. The van der Waals surface area contributed by atoms with Crippen molar-refractivity contribution >= 4 is 5.97 Å². The van der Waals surface area contributed by atoms with Crippen LogP contribution in [0.3, 0.4) is 0 Å². The van der Waals surface area contributed by atoms with E-state index in [1.54, 1.807) is 0 Å². The molecule has 2 atom stereocenters. The third kappa shape index (κ3) is 2.95. The Bertz CT molecular complexity index is 239. The van der Waals surface area contributed by atoms with Crippen molar-refractivity contribution in [2.75, 3.05) is 33.3 Å². The number of likely N-dealkylation sites (tertiary alicyclic amines) is 1. The van der Waals surface area contributed by atoms with Crippen LogP contribution in [0.4, 0.5) is 0 Å². The maximum atomic E-state index is 11.5. The van der Waals surface area contributed by atoms with Crippen LogP contribution in [0, 0.1) is 5.92 Å². The maximum absolute atomic E-state index is 11.5. The van der Waals surface area contributed by atoms with E-state index in [0.717, 1.165) is 25.9 Å². The van der Waals surface area contributed by atoms with Crippen LogP contribution in [0.25, 0.3) is 0 Å². The molecule has 2 rings (SSSR count). The van der Waals surface area contributed by atoms with Gasteiger partial charge < -0.3 is 15.0 Å². The molecule has 0 aromatic carbocycles. The van der Waals surface area contributed by atoms with Crippen molar-refractivity contribution in [1.29, 1.82) is 0 Å². The highest BCUT2D eigenvalue weighted by atomic mass is 16.5. The number of rotatable bonds is 3. The Morgan fingerprint density at radius 1 is 1.44 bits per heavy atom. The van der Waals surface area contributed by atoms with Crippen LogP contribution in [-0.2, 0) is 9.53 Å². The van der Waals surface area contributed by atoms with Gasteiger partial charge in [0.2, 0.25) is 0 Å². The quantitative estimate of drug-likeness (QED) is 0.716. The van der Waals surface area contributed by atoms with Crippen LogP contribution in [0.5, 0.6) is 0 Å². The van der Waals surface area contributed by atoms with Gasteiger partial charge in [0.1, 0.15) is 0 Å². The molecule has 0 amide bonds. The molecule has 92 valence electrons. The number of ether oxygens (including phenoxy) is 1. The molecule has 0 aromatic rings. The van der Waals surface area contributed by atoms with Crippen molar-refractivity contribution < 1.29 is 9.53 Å². The fourth-order valence-corrected chi connectivity index (χ4v) is 2.80. The summed E-state index contributed by atoms with van der Waals surface area (Å²) in [6.07, 6.45) is 4.51. The molecule has 2 aliphatic heterocycles. The van der Waals surface area contributed by atoms with Crippen molar-refractivity contribution in [3.8, 4) is 0 Å². The molecule has 4 nitrogen and oxygen atoms in total. The molecule has 4 heteroatoms. The summed E-state index contributed by atoms with van der Waals surface area (Å²) in [4.78, 5) is 14.0. The summed E-state index contributed by atoms with van der Waals surface area (Å²) in [6.45, 7) is 4.48. The number of methoxy groups -OCH3 is 1. The number of piperidine rings is 1. The van der Waals surface area contributed by atoms with Crippen LogP contribution in [0.2, 0.25) is 0 Å². The largest absolute Gasteiger partial charge is 0.469 e. The van der Waals surface area contributed by atoms with E-state index in [9.17, 15) is 4.79 Å². The number of nitrogens with zero attached hydrogens (tertiary/aromatic N) is 1. The second-order valence-electron chi connectivity index (χ2n) is 4.90. The average Bonchev–Trinajstić information content (AvgIpc) is 2.81. The number of carbonyl (C=O) groups excluding carboxylic acids is 1. The van der Waals surface area contributed by atoms with Crippen molar-refractivity contribution in [3.05, 3.63) is 0 Å². The zero-order valence-electron chi connectivity index (χ0n) is 10.1. The van der Waals surface area contributed by atoms with E-state index in [1.807, 2.05) is 0 Å². The molecule has 0 bridgehead atoms. The van der Waals surface area contributed by atoms with Gasteiger partial charge in [-0.2, -0.15) is 0 Å². The third-order valence-electron chi connectivity index (χ3n) is 3.71. The molecule has 1 N–H and O–H groups in total. The first-order valence-electron chi connectivity index (χ1n) is 6.33. The lowest BCUT2D eigenvalue weighted by molar-refractivity contribution is -0.146. The molecule has 0 aliphatic carbocycles. The summed E-state index contributed by atoms with van der Waals surface area (Å²) >= 11 is 0. The van der Waals surface area contributed by atoms with Crippen molar-refractivity contribution in [2.24, 2.45) is 5.92 Å². The van der Waals surface area contributed by atoms with Gasteiger partial charge in [-0.3, -0.25) is 4.79 Å². The fraction of sp³-hybridized carbons (Fsp3) is 0.917. The van der Waals surface area contributed by atoms with Crippen molar-refractivity contribution in [2.45, 2.75) is 31.7 Å². The molecule has 0 spiro atoms. The monoisotopic (exact) mass is 226 g/mol. The molecule has 2 aliphatic rings. The number of hydrogen-bond acceptors (Lipinski definition) is 4. The van der Waals surface area contributed by atoms with Gasteiger partial charge in [-0.05, 0) is 45.3 Å². The molecule has 2 heterocycles. The van der Waals surface area contributed by atoms with Crippen LogP contribution >= 0.6 is 0 Å². The van der Waals surface area contributed by atoms with E-state index in [2.05, 4.69) is 10.2 Å². The Morgan fingerprint density at radius 2 is 2.19 bits per heavy atom. The summed E-state index contributed by atoms with van der Waals surface area (Å²) < 4.78 is 4.83. The molecule has 0 radical (unpaired) electrons. The lowest BCUT2D eigenvalue weighted by atomic mass is 9.92. The zero-order chi connectivity index (χ0) is 11.4. The Balaban J connectivity index is 1.79. The van der Waals surface area contributed by atoms with E-state index in [0.29, 0.717) is 6.04 Å². The third-order valence-corrected chi connectivity index (χ3v) is 3.71. The first kappa shape index (κ1) is 11.9. The SMILES string of the molecule is COC(=O)C1CCNC(CN2CCCC2)C1. The van der Waals surface area contributed by atoms with E-state index in [4.69, 9.17) is 4.74 Å². The Hall–Kier alpha value is -0.610. The molecular weight excluding hydrogens is 204 g/mol. The molecule has 0 aromatic heterocycles. The molecular formula is C12H22N2O2. The highest BCUT2D eigenvalue weighted by Gasteiger charge is 2.28. The van der Waals surface area contributed by atoms with Crippen LogP contribution in [0.1, 0.15) is 25.7 Å². The Labute approximate surface area is 97.3 Å². The number of hydrogen-bond donors (Lipinski definition) is 1. The van der Waals surface area contributed by atoms with Gasteiger partial charge in [0.05, 0.1) is 13.0 Å². The zero-order valence-corrected chi connectivity index (χ0v) is 10.1. The predicted octanol–water partition coefficient (Wildman–Crippen LogP) is 0.623. The van der Waals surface area contributed by atoms with Gasteiger partial charge in [-0.25, -0.2) is 0 Å². The summed E-state index contributed by atoms with van der Waals surface area (Å²) in [5, 5.41) is 3.51. The average molecular weight is 226 g/mol. The van der Waals surface area contributed by atoms with Crippen LogP contribution in [-0.4, -0.2) is 50.2 Å². The minimum absolute atomic E-state index is 0.0343. The van der Waals surface area contributed by atoms with Gasteiger partial charge in [0.25, 0.3) is 0 Å². The van der Waals surface area contributed by atoms with Crippen molar-refractivity contribution in [1.82, 2.24) is 10.2 Å². The summed E-state index contributed by atoms with van der Waals surface area (Å²) in [5.74, 6) is 0.0757. The van der Waals surface area contributed by atoms with E-state index >= 15 is 0 Å². The molecule has 0 saturated carbocycles. The minimum atomic E-state index is -0.0343. The number of esters is 1. The Kier molecular flexibility index (Phi) is 4.18. The number of carbonyl (C=O) groups is 1. The summed E-state index contributed by atoms with van der Waals surface area (Å²) in [5.41, 5.74) is 0. The molecule has 2 fully saturated rings. The second-order valence-corrected chi connectivity index (χ2v) is 4.90.